The molecule has 23 heavy (non-hydrogen) atoms. The van der Waals surface area contributed by atoms with Gasteiger partial charge in [-0.2, -0.15) is 0 Å². The number of aryl methyl sites for hydroxylation is 1. The topological polar surface area (TPSA) is 66.5 Å². The third-order valence-electron chi connectivity index (χ3n) is 4.23. The van der Waals surface area contributed by atoms with Crippen LogP contribution in [0, 0.1) is 6.92 Å². The minimum atomic E-state index is -0.0797. The van der Waals surface area contributed by atoms with Crippen molar-refractivity contribution in [1.29, 1.82) is 0 Å². The van der Waals surface area contributed by atoms with Gasteiger partial charge in [0.15, 0.2) is 0 Å². The quantitative estimate of drug-likeness (QED) is 0.904. The lowest BCUT2D eigenvalue weighted by Crippen LogP contribution is -2.46. The van der Waals surface area contributed by atoms with Gasteiger partial charge in [-0.25, -0.2) is 0 Å². The van der Waals surface area contributed by atoms with Crippen LogP contribution in [0.1, 0.15) is 48.5 Å². The number of ketones is 1. The van der Waals surface area contributed by atoms with Gasteiger partial charge < -0.3 is 15.0 Å². The van der Waals surface area contributed by atoms with Crippen LogP contribution in [0.4, 0.5) is 0 Å². The van der Waals surface area contributed by atoms with Crippen LogP contribution in [0.3, 0.4) is 0 Å². The summed E-state index contributed by atoms with van der Waals surface area (Å²) in [6.07, 6.45) is 2.04. The number of likely N-dealkylation sites (tertiary alicyclic amines) is 1. The Morgan fingerprint density at radius 3 is 2.39 bits per heavy atom. The third kappa shape index (κ3) is 4.91. The predicted octanol–water partition coefficient (Wildman–Crippen LogP) is 2.09. The highest BCUT2D eigenvalue weighted by molar-refractivity contribution is 5.95. The Bertz CT molecular complexity index is 590. The number of hydrogen-bond donors (Lipinski definition) is 1. The van der Waals surface area contributed by atoms with Gasteiger partial charge >= 0.3 is 0 Å². The maximum Gasteiger partial charge on any atom is 0.254 e. The SMILES string of the molecule is CC(=O)CCC(=O)NC1CCN(C(=O)c2ccccc2C)CC1. The van der Waals surface area contributed by atoms with E-state index < -0.39 is 0 Å². The minimum absolute atomic E-state index is 0.0267. The van der Waals surface area contributed by atoms with Crippen molar-refractivity contribution in [2.75, 3.05) is 13.1 Å². The molecule has 0 bridgehead atoms. The fourth-order valence-electron chi connectivity index (χ4n) is 2.80. The van der Waals surface area contributed by atoms with Gasteiger partial charge in [-0.1, -0.05) is 18.2 Å². The zero-order valence-corrected chi connectivity index (χ0v) is 13.8. The molecule has 0 aliphatic carbocycles. The average molecular weight is 316 g/mol. The van der Waals surface area contributed by atoms with Gasteiger partial charge in [-0.05, 0) is 38.3 Å². The van der Waals surface area contributed by atoms with E-state index in [0.29, 0.717) is 13.1 Å². The van der Waals surface area contributed by atoms with E-state index in [1.165, 1.54) is 6.92 Å². The van der Waals surface area contributed by atoms with Crippen molar-refractivity contribution in [2.24, 2.45) is 0 Å². The van der Waals surface area contributed by atoms with E-state index in [-0.39, 0.29) is 36.5 Å². The van der Waals surface area contributed by atoms with Gasteiger partial charge in [0.25, 0.3) is 5.91 Å². The van der Waals surface area contributed by atoms with E-state index in [2.05, 4.69) is 5.32 Å². The number of benzene rings is 1. The number of amides is 2. The number of rotatable bonds is 5. The molecule has 2 rings (SSSR count). The van der Waals surface area contributed by atoms with Crippen LogP contribution in [-0.2, 0) is 9.59 Å². The van der Waals surface area contributed by atoms with E-state index in [1.54, 1.807) is 0 Å². The van der Waals surface area contributed by atoms with E-state index in [0.717, 1.165) is 24.0 Å². The van der Waals surface area contributed by atoms with Crippen molar-refractivity contribution in [2.45, 2.75) is 45.6 Å². The first kappa shape index (κ1) is 17.2. The summed E-state index contributed by atoms with van der Waals surface area (Å²) in [6.45, 7) is 4.72. The van der Waals surface area contributed by atoms with Gasteiger partial charge in [0.1, 0.15) is 5.78 Å². The molecule has 1 N–H and O–H groups in total. The maximum absolute atomic E-state index is 12.5. The number of carbonyl (C=O) groups is 3. The molecule has 0 radical (unpaired) electrons. The summed E-state index contributed by atoms with van der Waals surface area (Å²) in [5, 5.41) is 2.96. The van der Waals surface area contributed by atoms with Crippen molar-refractivity contribution in [3.8, 4) is 0 Å². The lowest BCUT2D eigenvalue weighted by molar-refractivity contribution is -0.125. The first-order valence-electron chi connectivity index (χ1n) is 8.11. The van der Waals surface area contributed by atoms with Gasteiger partial charge in [0.2, 0.25) is 5.91 Å². The predicted molar refractivity (Wildman–Crippen MR) is 88.2 cm³/mol. The van der Waals surface area contributed by atoms with Gasteiger partial charge in [0, 0.05) is 37.5 Å². The van der Waals surface area contributed by atoms with Crippen LogP contribution in [0.15, 0.2) is 24.3 Å². The van der Waals surface area contributed by atoms with Crippen molar-refractivity contribution in [3.63, 3.8) is 0 Å². The van der Waals surface area contributed by atoms with Crippen molar-refractivity contribution in [3.05, 3.63) is 35.4 Å². The summed E-state index contributed by atoms with van der Waals surface area (Å²) in [5.74, 6) is 0.00661. The fourth-order valence-corrected chi connectivity index (χ4v) is 2.80. The molecule has 1 aliphatic heterocycles. The standard InChI is InChI=1S/C18H24N2O3/c1-13-5-3-4-6-16(13)18(23)20-11-9-15(10-12-20)19-17(22)8-7-14(2)21/h3-6,15H,7-12H2,1-2H3,(H,19,22). The molecular formula is C18H24N2O3. The Labute approximate surface area is 137 Å². The lowest BCUT2D eigenvalue weighted by Gasteiger charge is -2.32. The third-order valence-corrected chi connectivity index (χ3v) is 4.23. The molecule has 0 saturated carbocycles. The van der Waals surface area contributed by atoms with Crippen LogP contribution in [0.25, 0.3) is 0 Å². The number of piperidine rings is 1. The number of nitrogens with zero attached hydrogens (tertiary/aromatic N) is 1. The van der Waals surface area contributed by atoms with Gasteiger partial charge in [-0.15, -0.1) is 0 Å². The monoisotopic (exact) mass is 316 g/mol. The summed E-state index contributed by atoms with van der Waals surface area (Å²) < 4.78 is 0. The van der Waals surface area contributed by atoms with Crippen LogP contribution in [0.5, 0.6) is 0 Å². The Hall–Kier alpha value is -2.17. The molecule has 1 aromatic rings. The molecule has 1 aliphatic rings. The molecule has 5 heteroatoms. The summed E-state index contributed by atoms with van der Waals surface area (Å²) in [5.41, 5.74) is 1.73. The highest BCUT2D eigenvalue weighted by Crippen LogP contribution is 2.16. The van der Waals surface area contributed by atoms with Crippen molar-refractivity contribution >= 4 is 17.6 Å². The summed E-state index contributed by atoms with van der Waals surface area (Å²) in [6, 6.07) is 7.69. The largest absolute Gasteiger partial charge is 0.353 e. The minimum Gasteiger partial charge on any atom is -0.353 e. The molecule has 1 heterocycles. The number of nitrogens with one attached hydrogen (secondary N) is 1. The van der Waals surface area contributed by atoms with Crippen molar-refractivity contribution in [1.82, 2.24) is 10.2 Å². The normalized spacial score (nSPS) is 15.3. The number of carbonyl (C=O) groups excluding carboxylic acids is 3. The highest BCUT2D eigenvalue weighted by atomic mass is 16.2. The van der Waals surface area contributed by atoms with E-state index in [9.17, 15) is 14.4 Å². The number of Topliss-reactive ketones (excluding diaryl/α,β-unsaturated/α-hetero) is 1. The first-order valence-corrected chi connectivity index (χ1v) is 8.11. The molecule has 124 valence electrons. The molecular weight excluding hydrogens is 292 g/mol. The second-order valence-corrected chi connectivity index (χ2v) is 6.15. The number of hydrogen-bond acceptors (Lipinski definition) is 3. The van der Waals surface area contributed by atoms with Crippen LogP contribution in [0.2, 0.25) is 0 Å². The molecule has 5 nitrogen and oxygen atoms in total. The van der Waals surface area contributed by atoms with E-state index >= 15 is 0 Å². The van der Waals surface area contributed by atoms with E-state index in [1.807, 2.05) is 36.1 Å². The molecule has 1 saturated heterocycles. The lowest BCUT2D eigenvalue weighted by atomic mass is 10.0. The highest BCUT2D eigenvalue weighted by Gasteiger charge is 2.25. The molecule has 1 fully saturated rings. The zero-order valence-electron chi connectivity index (χ0n) is 13.8. The van der Waals surface area contributed by atoms with Gasteiger partial charge in [-0.3, -0.25) is 9.59 Å². The second-order valence-electron chi connectivity index (χ2n) is 6.15. The fraction of sp³-hybridized carbons (Fsp3) is 0.500. The molecule has 0 spiro atoms. The molecule has 1 aromatic carbocycles. The first-order chi connectivity index (χ1) is 11.0. The molecule has 0 atom stereocenters. The average Bonchev–Trinajstić information content (AvgIpc) is 2.53. The van der Waals surface area contributed by atoms with Gasteiger partial charge in [0.05, 0.1) is 0 Å². The summed E-state index contributed by atoms with van der Waals surface area (Å²) >= 11 is 0. The Morgan fingerprint density at radius 1 is 1.13 bits per heavy atom. The second kappa shape index (κ2) is 7.90. The smallest absolute Gasteiger partial charge is 0.254 e. The molecule has 0 aromatic heterocycles. The summed E-state index contributed by atoms with van der Waals surface area (Å²) in [7, 11) is 0. The van der Waals surface area contributed by atoms with Crippen LogP contribution >= 0.6 is 0 Å². The van der Waals surface area contributed by atoms with Crippen LogP contribution < -0.4 is 5.32 Å². The Morgan fingerprint density at radius 2 is 1.78 bits per heavy atom. The molecule has 0 unspecified atom stereocenters. The summed E-state index contributed by atoms with van der Waals surface area (Å²) in [4.78, 5) is 37.0. The zero-order chi connectivity index (χ0) is 16.8. The molecule has 2 amide bonds. The maximum atomic E-state index is 12.5. The van der Waals surface area contributed by atoms with Crippen LogP contribution in [-0.4, -0.2) is 41.6 Å². The van der Waals surface area contributed by atoms with Crippen molar-refractivity contribution < 1.29 is 14.4 Å². The van der Waals surface area contributed by atoms with E-state index in [4.69, 9.17) is 0 Å². The Balaban J connectivity index is 1.82. The Kier molecular flexibility index (Phi) is 5.90.